The molecule has 0 spiro atoms. The molecule has 0 N–H and O–H groups in total. The van der Waals surface area contributed by atoms with Crippen molar-refractivity contribution in [2.45, 2.75) is 17.0 Å². The van der Waals surface area contributed by atoms with Gasteiger partial charge in [0.1, 0.15) is 10.1 Å². The maximum Gasteiger partial charge on any atom is 0.117 e. The smallest absolute Gasteiger partial charge is 0.117 e. The van der Waals surface area contributed by atoms with Crippen molar-refractivity contribution in [1.82, 2.24) is 9.97 Å². The van der Waals surface area contributed by atoms with Crippen molar-refractivity contribution in [1.29, 1.82) is 0 Å². The minimum absolute atomic E-state index is 0.639. The van der Waals surface area contributed by atoms with Crippen LogP contribution >= 0.6 is 39.3 Å². The predicted molar refractivity (Wildman–Crippen MR) is 70.0 cm³/mol. The molecule has 2 rings (SSSR count). The van der Waals surface area contributed by atoms with Crippen LogP contribution in [0.15, 0.2) is 45.1 Å². The molecular weight excluding hydrogens is 308 g/mol. The van der Waals surface area contributed by atoms with Gasteiger partial charge in [0.05, 0.1) is 9.50 Å². The summed E-state index contributed by atoms with van der Waals surface area (Å²) in [5, 5.41) is 2.43. The number of halogens is 2. The normalized spacial score (nSPS) is 10.4. The summed E-state index contributed by atoms with van der Waals surface area (Å²) < 4.78 is 1.01. The van der Waals surface area contributed by atoms with Crippen LogP contribution in [0, 0.1) is 6.92 Å². The third-order valence-corrected chi connectivity index (χ3v) is 4.39. The number of hydrogen-bond acceptors (Lipinski definition) is 3. The standard InChI is InChI=1S/C11H8BrClN2S/c1-7-4-5-14-11(10(7)12)16-9-3-2-8(13)6-15-9/h2-6H,1H3. The fraction of sp³-hybridized carbons (Fsp3) is 0.0909. The highest BCUT2D eigenvalue weighted by molar-refractivity contribution is 9.10. The van der Waals surface area contributed by atoms with Crippen LogP contribution in [0.1, 0.15) is 5.56 Å². The number of aromatic nitrogens is 2. The maximum absolute atomic E-state index is 5.77. The van der Waals surface area contributed by atoms with Crippen molar-refractivity contribution in [2.24, 2.45) is 0 Å². The molecule has 5 heteroatoms. The summed E-state index contributed by atoms with van der Waals surface area (Å²) in [6.07, 6.45) is 3.42. The van der Waals surface area contributed by atoms with Gasteiger partial charge in [0.25, 0.3) is 0 Å². The lowest BCUT2D eigenvalue weighted by Gasteiger charge is -2.04. The molecule has 2 aromatic heterocycles. The Balaban J connectivity index is 2.27. The fourth-order valence-corrected chi connectivity index (χ4v) is 2.50. The van der Waals surface area contributed by atoms with E-state index >= 15 is 0 Å². The zero-order valence-corrected chi connectivity index (χ0v) is 11.6. The lowest BCUT2D eigenvalue weighted by molar-refractivity contribution is 1.06. The Morgan fingerprint density at radius 2 is 2.06 bits per heavy atom. The van der Waals surface area contributed by atoms with Crippen molar-refractivity contribution in [3.05, 3.63) is 45.7 Å². The van der Waals surface area contributed by atoms with Crippen molar-refractivity contribution < 1.29 is 0 Å². The molecule has 82 valence electrons. The van der Waals surface area contributed by atoms with Gasteiger partial charge in [-0.3, -0.25) is 0 Å². The van der Waals surface area contributed by atoms with Gasteiger partial charge in [0.2, 0.25) is 0 Å². The van der Waals surface area contributed by atoms with E-state index in [1.54, 1.807) is 12.4 Å². The molecule has 0 atom stereocenters. The van der Waals surface area contributed by atoms with Gasteiger partial charge < -0.3 is 0 Å². The van der Waals surface area contributed by atoms with E-state index in [1.165, 1.54) is 11.8 Å². The van der Waals surface area contributed by atoms with Crippen molar-refractivity contribution in [3.8, 4) is 0 Å². The molecule has 0 aliphatic carbocycles. The summed E-state index contributed by atoms with van der Waals surface area (Å²) >= 11 is 10.8. The van der Waals surface area contributed by atoms with E-state index < -0.39 is 0 Å². The Hall–Kier alpha value is -0.580. The average Bonchev–Trinajstić information content (AvgIpc) is 2.28. The van der Waals surface area contributed by atoms with Crippen LogP contribution in [0.3, 0.4) is 0 Å². The Bertz CT molecular complexity index is 502. The van der Waals surface area contributed by atoms with Gasteiger partial charge >= 0.3 is 0 Å². The highest BCUT2D eigenvalue weighted by Crippen LogP contribution is 2.32. The first-order valence-electron chi connectivity index (χ1n) is 4.57. The molecule has 0 saturated heterocycles. The van der Waals surface area contributed by atoms with Crippen molar-refractivity contribution in [3.63, 3.8) is 0 Å². The van der Waals surface area contributed by atoms with Crippen LogP contribution in [0.2, 0.25) is 5.02 Å². The Morgan fingerprint density at radius 3 is 2.75 bits per heavy atom. The molecule has 0 saturated carbocycles. The zero-order valence-electron chi connectivity index (χ0n) is 8.45. The first kappa shape index (κ1) is 11.9. The van der Waals surface area contributed by atoms with Crippen LogP contribution in [0.25, 0.3) is 0 Å². The van der Waals surface area contributed by atoms with E-state index in [1.807, 2.05) is 25.1 Å². The van der Waals surface area contributed by atoms with Crippen LogP contribution in [0.5, 0.6) is 0 Å². The lowest BCUT2D eigenvalue weighted by Crippen LogP contribution is -1.86. The number of hydrogen-bond donors (Lipinski definition) is 0. The van der Waals surface area contributed by atoms with E-state index in [0.717, 1.165) is 20.1 Å². The summed E-state index contributed by atoms with van der Waals surface area (Å²) in [6, 6.07) is 5.66. The van der Waals surface area contributed by atoms with Gasteiger partial charge in [-0.05, 0) is 58.4 Å². The number of nitrogens with zero attached hydrogens (tertiary/aromatic N) is 2. The molecule has 2 nitrogen and oxygen atoms in total. The first-order valence-corrected chi connectivity index (χ1v) is 6.56. The van der Waals surface area contributed by atoms with Crippen molar-refractivity contribution in [2.75, 3.05) is 0 Å². The summed E-state index contributed by atoms with van der Waals surface area (Å²) in [6.45, 7) is 2.03. The van der Waals surface area contributed by atoms with Gasteiger partial charge in [-0.1, -0.05) is 11.6 Å². The molecule has 16 heavy (non-hydrogen) atoms. The van der Waals surface area contributed by atoms with E-state index in [9.17, 15) is 0 Å². The van der Waals surface area contributed by atoms with Crippen molar-refractivity contribution >= 4 is 39.3 Å². The third kappa shape index (κ3) is 2.75. The summed E-state index contributed by atoms with van der Waals surface area (Å²) in [5.74, 6) is 0. The zero-order chi connectivity index (χ0) is 11.5. The Labute approximate surface area is 112 Å². The molecule has 0 bridgehead atoms. The van der Waals surface area contributed by atoms with E-state index in [0.29, 0.717) is 5.02 Å². The first-order chi connectivity index (χ1) is 7.66. The van der Waals surface area contributed by atoms with Gasteiger partial charge in [-0.25, -0.2) is 9.97 Å². The summed E-state index contributed by atoms with van der Waals surface area (Å²) in [7, 11) is 0. The van der Waals surface area contributed by atoms with Gasteiger partial charge in [0.15, 0.2) is 0 Å². The van der Waals surface area contributed by atoms with E-state index in [4.69, 9.17) is 11.6 Å². The molecule has 0 radical (unpaired) electrons. The Morgan fingerprint density at radius 1 is 1.25 bits per heavy atom. The topological polar surface area (TPSA) is 25.8 Å². The maximum atomic E-state index is 5.77. The second-order valence-electron chi connectivity index (χ2n) is 3.16. The molecule has 2 heterocycles. The van der Waals surface area contributed by atoms with Crippen LogP contribution in [-0.4, -0.2) is 9.97 Å². The number of pyridine rings is 2. The predicted octanol–water partition coefficient (Wildman–Crippen LogP) is 4.35. The SMILES string of the molecule is Cc1ccnc(Sc2ccc(Cl)cn2)c1Br. The molecule has 2 aromatic rings. The quantitative estimate of drug-likeness (QED) is 0.824. The Kier molecular flexibility index (Phi) is 3.84. The van der Waals surface area contributed by atoms with Crippen LogP contribution in [-0.2, 0) is 0 Å². The molecule has 0 aromatic carbocycles. The van der Waals surface area contributed by atoms with Gasteiger partial charge in [-0.2, -0.15) is 0 Å². The minimum Gasteiger partial charge on any atom is -0.248 e. The summed E-state index contributed by atoms with van der Waals surface area (Å²) in [4.78, 5) is 8.51. The molecule has 0 aliphatic heterocycles. The highest BCUT2D eigenvalue weighted by atomic mass is 79.9. The van der Waals surface area contributed by atoms with Gasteiger partial charge in [0, 0.05) is 12.4 Å². The molecular formula is C11H8BrClN2S. The average molecular weight is 316 g/mol. The molecule has 0 aliphatic rings. The van der Waals surface area contributed by atoms with Crippen LogP contribution < -0.4 is 0 Å². The second-order valence-corrected chi connectivity index (χ2v) is 5.40. The number of rotatable bonds is 2. The van der Waals surface area contributed by atoms with Crippen LogP contribution in [0.4, 0.5) is 0 Å². The highest BCUT2D eigenvalue weighted by Gasteiger charge is 2.06. The number of aryl methyl sites for hydroxylation is 1. The minimum atomic E-state index is 0.639. The van der Waals surface area contributed by atoms with E-state index in [-0.39, 0.29) is 0 Å². The summed E-state index contributed by atoms with van der Waals surface area (Å²) in [5.41, 5.74) is 1.16. The monoisotopic (exact) mass is 314 g/mol. The van der Waals surface area contributed by atoms with Gasteiger partial charge in [-0.15, -0.1) is 0 Å². The fourth-order valence-electron chi connectivity index (χ4n) is 1.11. The third-order valence-electron chi connectivity index (χ3n) is 1.95. The largest absolute Gasteiger partial charge is 0.248 e. The molecule has 0 unspecified atom stereocenters. The molecule has 0 fully saturated rings. The van der Waals surface area contributed by atoms with E-state index in [2.05, 4.69) is 25.9 Å². The molecule has 0 amide bonds. The lowest BCUT2D eigenvalue weighted by atomic mass is 10.3. The second kappa shape index (κ2) is 5.17.